The number of nitrogens with zero attached hydrogens (tertiary/aromatic N) is 1. The summed E-state index contributed by atoms with van der Waals surface area (Å²) in [6, 6.07) is 9.72. The molecule has 0 bridgehead atoms. The minimum absolute atomic E-state index is 0.273. The van der Waals surface area contributed by atoms with Gasteiger partial charge in [0.1, 0.15) is 0 Å². The van der Waals surface area contributed by atoms with Crippen molar-refractivity contribution < 1.29 is 4.74 Å². The largest absolute Gasteiger partial charge is 0.377 e. The van der Waals surface area contributed by atoms with Crippen molar-refractivity contribution in [2.45, 2.75) is 62.3 Å². The first kappa shape index (κ1) is 12.4. The van der Waals surface area contributed by atoms with Crippen LogP contribution in [0.3, 0.4) is 0 Å². The van der Waals surface area contributed by atoms with Crippen LogP contribution in [0.25, 0.3) is 0 Å². The van der Waals surface area contributed by atoms with Gasteiger partial charge in [-0.2, -0.15) is 0 Å². The number of hydrogen-bond acceptors (Lipinski definition) is 3. The maximum absolute atomic E-state index is 6.15. The van der Waals surface area contributed by atoms with Crippen LogP contribution >= 0.6 is 0 Å². The van der Waals surface area contributed by atoms with E-state index < -0.39 is 0 Å². The molecule has 3 heteroatoms. The van der Waals surface area contributed by atoms with Crippen LogP contribution in [0.5, 0.6) is 0 Å². The SMILES string of the molecule is CC[C@@]12CC[C@@]34Nc5ccccc5[C@H]3CCN(C[C@H]3O[C@H]31)[C@@H]24. The smallest absolute Gasteiger partial charge is 0.0974 e. The molecule has 6 atom stereocenters. The lowest BCUT2D eigenvalue weighted by Crippen LogP contribution is -2.67. The molecule has 0 unspecified atom stereocenters. The third-order valence-corrected chi connectivity index (χ3v) is 7.65. The number of epoxide rings is 1. The van der Waals surface area contributed by atoms with E-state index in [1.807, 2.05) is 0 Å². The molecular formula is C19H24N2O. The van der Waals surface area contributed by atoms with Crippen LogP contribution in [0, 0.1) is 5.41 Å². The normalized spacial score (nSPS) is 50.6. The van der Waals surface area contributed by atoms with Gasteiger partial charge in [-0.15, -0.1) is 0 Å². The zero-order valence-corrected chi connectivity index (χ0v) is 13.2. The topological polar surface area (TPSA) is 27.8 Å². The Balaban J connectivity index is 1.53. The van der Waals surface area contributed by atoms with Crippen LogP contribution in [0.2, 0.25) is 0 Å². The van der Waals surface area contributed by atoms with E-state index in [4.69, 9.17) is 4.74 Å². The third-order valence-electron chi connectivity index (χ3n) is 7.65. The highest BCUT2D eigenvalue weighted by atomic mass is 16.6. The van der Waals surface area contributed by atoms with E-state index >= 15 is 0 Å². The molecule has 1 saturated carbocycles. The summed E-state index contributed by atoms with van der Waals surface area (Å²) in [6.07, 6.45) is 6.30. The zero-order chi connectivity index (χ0) is 14.5. The van der Waals surface area contributed by atoms with Crippen LogP contribution in [-0.4, -0.2) is 41.8 Å². The number of ether oxygens (including phenoxy) is 1. The number of anilines is 1. The Labute approximate surface area is 132 Å². The van der Waals surface area contributed by atoms with Gasteiger partial charge in [0, 0.05) is 29.6 Å². The highest BCUT2D eigenvalue weighted by molar-refractivity contribution is 5.64. The predicted octanol–water partition coefficient (Wildman–Crippen LogP) is 2.98. The van der Waals surface area contributed by atoms with E-state index in [0.29, 0.717) is 29.6 Å². The van der Waals surface area contributed by atoms with Crippen molar-refractivity contribution in [3.8, 4) is 0 Å². The number of hydrogen-bond donors (Lipinski definition) is 1. The van der Waals surface area contributed by atoms with Gasteiger partial charge < -0.3 is 10.1 Å². The minimum Gasteiger partial charge on any atom is -0.377 e. The summed E-state index contributed by atoms with van der Waals surface area (Å²) in [5.41, 5.74) is 3.65. The van der Waals surface area contributed by atoms with Crippen LogP contribution in [-0.2, 0) is 4.74 Å². The Bertz CT molecular complexity index is 661. The van der Waals surface area contributed by atoms with Crippen LogP contribution in [0.4, 0.5) is 5.69 Å². The predicted molar refractivity (Wildman–Crippen MR) is 86.1 cm³/mol. The van der Waals surface area contributed by atoms with Gasteiger partial charge in [0.25, 0.3) is 0 Å². The highest BCUT2D eigenvalue weighted by Gasteiger charge is 2.73. The molecule has 1 spiro atoms. The van der Waals surface area contributed by atoms with Crippen molar-refractivity contribution >= 4 is 5.69 Å². The maximum atomic E-state index is 6.15. The highest BCUT2D eigenvalue weighted by Crippen LogP contribution is 2.67. The fourth-order valence-corrected chi connectivity index (χ4v) is 6.86. The monoisotopic (exact) mass is 296 g/mol. The van der Waals surface area contributed by atoms with E-state index in [2.05, 4.69) is 41.4 Å². The Morgan fingerprint density at radius 3 is 3.14 bits per heavy atom. The Morgan fingerprint density at radius 2 is 2.23 bits per heavy atom. The summed E-state index contributed by atoms with van der Waals surface area (Å²) >= 11 is 0. The second-order valence-electron chi connectivity index (χ2n) is 8.17. The molecule has 0 radical (unpaired) electrons. The van der Waals surface area contributed by atoms with Crippen molar-refractivity contribution in [2.24, 2.45) is 5.41 Å². The molecule has 1 N–H and O–H groups in total. The molecular weight excluding hydrogens is 272 g/mol. The maximum Gasteiger partial charge on any atom is 0.0974 e. The van der Waals surface area contributed by atoms with E-state index in [-0.39, 0.29) is 5.54 Å². The average Bonchev–Trinajstić information content (AvgIpc) is 3.14. The van der Waals surface area contributed by atoms with E-state index in [1.54, 1.807) is 5.56 Å². The molecule has 1 aromatic rings. The summed E-state index contributed by atoms with van der Waals surface area (Å²) in [5.74, 6) is 0.702. The molecule has 22 heavy (non-hydrogen) atoms. The molecule has 3 nitrogen and oxygen atoms in total. The van der Waals surface area contributed by atoms with Gasteiger partial charge in [-0.25, -0.2) is 0 Å². The fraction of sp³-hybridized carbons (Fsp3) is 0.684. The number of benzene rings is 1. The standard InChI is InChI=1S/C19H24N2O/c1-2-18-8-9-19-13(12-5-3-4-6-14(12)20-19)7-10-21(17(18)19)11-15-16(18)22-15/h3-6,13,15-17,20H,2,7-11H2,1H3/t13-,15-,16-,17+,18-,19-/m1/s1. The Morgan fingerprint density at radius 1 is 1.32 bits per heavy atom. The van der Waals surface area contributed by atoms with E-state index in [0.717, 1.165) is 0 Å². The lowest BCUT2D eigenvalue weighted by Gasteiger charge is -2.55. The first-order valence-electron chi connectivity index (χ1n) is 9.05. The molecule has 0 amide bonds. The quantitative estimate of drug-likeness (QED) is 0.808. The van der Waals surface area contributed by atoms with Crippen LogP contribution < -0.4 is 5.32 Å². The van der Waals surface area contributed by atoms with Gasteiger partial charge in [-0.3, -0.25) is 4.90 Å². The van der Waals surface area contributed by atoms with Crippen molar-refractivity contribution in [1.82, 2.24) is 4.90 Å². The molecule has 3 saturated heterocycles. The molecule has 4 fully saturated rings. The second kappa shape index (κ2) is 3.70. The average molecular weight is 296 g/mol. The van der Waals surface area contributed by atoms with Crippen LogP contribution in [0.1, 0.15) is 44.1 Å². The van der Waals surface area contributed by atoms with Gasteiger partial charge in [0.15, 0.2) is 0 Å². The number of fused-ring (bicyclic) bond motifs is 4. The summed E-state index contributed by atoms with van der Waals surface area (Å²) in [5, 5.41) is 4.04. The first-order chi connectivity index (χ1) is 10.8. The number of nitrogens with one attached hydrogen (secondary N) is 1. The van der Waals surface area contributed by atoms with Gasteiger partial charge in [-0.1, -0.05) is 25.1 Å². The van der Waals surface area contributed by atoms with Crippen molar-refractivity contribution in [1.29, 1.82) is 0 Å². The summed E-state index contributed by atoms with van der Waals surface area (Å²) in [7, 11) is 0. The summed E-state index contributed by atoms with van der Waals surface area (Å²) in [6.45, 7) is 4.82. The molecule has 5 aliphatic rings. The molecule has 4 aliphatic heterocycles. The Kier molecular flexibility index (Phi) is 2.08. The molecule has 4 heterocycles. The van der Waals surface area contributed by atoms with Gasteiger partial charge in [0.2, 0.25) is 0 Å². The molecule has 1 aliphatic carbocycles. The number of para-hydroxylation sites is 1. The number of piperidine rings is 2. The molecule has 0 aromatic heterocycles. The molecule has 116 valence electrons. The molecule has 6 rings (SSSR count). The lowest BCUT2D eigenvalue weighted by molar-refractivity contribution is -0.00559. The van der Waals surface area contributed by atoms with Crippen molar-refractivity contribution in [3.05, 3.63) is 29.8 Å². The lowest BCUT2D eigenvalue weighted by atomic mass is 9.64. The minimum atomic E-state index is 0.273. The summed E-state index contributed by atoms with van der Waals surface area (Å²) in [4.78, 5) is 2.79. The van der Waals surface area contributed by atoms with E-state index in [1.165, 1.54) is 44.5 Å². The summed E-state index contributed by atoms with van der Waals surface area (Å²) < 4.78 is 6.15. The molecule has 1 aromatic carbocycles. The van der Waals surface area contributed by atoms with Gasteiger partial charge in [0.05, 0.1) is 17.7 Å². The third kappa shape index (κ3) is 1.18. The number of rotatable bonds is 1. The second-order valence-corrected chi connectivity index (χ2v) is 8.17. The van der Waals surface area contributed by atoms with Gasteiger partial charge in [-0.05, 0) is 43.9 Å². The first-order valence-corrected chi connectivity index (χ1v) is 9.05. The van der Waals surface area contributed by atoms with Crippen molar-refractivity contribution in [2.75, 3.05) is 18.4 Å². The van der Waals surface area contributed by atoms with Crippen molar-refractivity contribution in [3.63, 3.8) is 0 Å². The zero-order valence-electron chi connectivity index (χ0n) is 13.2. The van der Waals surface area contributed by atoms with E-state index in [9.17, 15) is 0 Å². The fourth-order valence-electron chi connectivity index (χ4n) is 6.86. The Hall–Kier alpha value is -1.06. The van der Waals surface area contributed by atoms with Gasteiger partial charge >= 0.3 is 0 Å². The van der Waals surface area contributed by atoms with Crippen LogP contribution in [0.15, 0.2) is 24.3 Å².